The summed E-state index contributed by atoms with van der Waals surface area (Å²) in [6.07, 6.45) is -0.0834. The average molecular weight is 531 g/mol. The third-order valence-corrected chi connectivity index (χ3v) is 18.9. The van der Waals surface area contributed by atoms with Gasteiger partial charge in [-0.15, -0.1) is 0 Å². The minimum absolute atomic E-state index is 0.0508. The highest BCUT2D eigenvalue weighted by atomic mass is 28.4. The van der Waals surface area contributed by atoms with Crippen LogP contribution in [0.3, 0.4) is 0 Å². The van der Waals surface area contributed by atoms with Gasteiger partial charge in [-0.1, -0.05) is 84.0 Å². The van der Waals surface area contributed by atoms with Crippen LogP contribution in [0, 0.1) is 0 Å². The maximum absolute atomic E-state index is 7.32. The van der Waals surface area contributed by atoms with Crippen molar-refractivity contribution in [2.24, 2.45) is 0 Å². The minimum atomic E-state index is -2.10. The van der Waals surface area contributed by atoms with E-state index >= 15 is 0 Å². The molecule has 4 aromatic carbocycles. The summed E-state index contributed by atoms with van der Waals surface area (Å²) in [5, 5.41) is 8.14. The van der Waals surface area contributed by atoms with Gasteiger partial charge in [-0.2, -0.15) is 0 Å². The Labute approximate surface area is 224 Å². The van der Waals surface area contributed by atoms with Crippen LogP contribution in [0.15, 0.2) is 48.5 Å². The van der Waals surface area contributed by atoms with Crippen molar-refractivity contribution in [2.45, 2.75) is 102 Å². The molecule has 0 bridgehead atoms. The Morgan fingerprint density at radius 3 is 1.89 bits per heavy atom. The van der Waals surface area contributed by atoms with Crippen LogP contribution in [0.1, 0.15) is 64.9 Å². The fourth-order valence-electron chi connectivity index (χ4n) is 5.63. The first-order valence-corrected chi connectivity index (χ1v) is 19.6. The van der Waals surface area contributed by atoms with Crippen LogP contribution in [0.25, 0.3) is 32.3 Å². The first-order valence-electron chi connectivity index (χ1n) is 13.8. The molecular weight excluding hydrogens is 489 g/mol. The number of hydrogen-bond acceptors (Lipinski definition) is 3. The molecule has 1 saturated heterocycles. The van der Waals surface area contributed by atoms with Crippen molar-refractivity contribution in [1.29, 1.82) is 0 Å². The van der Waals surface area contributed by atoms with Crippen LogP contribution >= 0.6 is 0 Å². The van der Waals surface area contributed by atoms with Crippen LogP contribution in [0.5, 0.6) is 0 Å². The Bertz CT molecular complexity index is 1490. The van der Waals surface area contributed by atoms with Gasteiger partial charge in [0.05, 0.1) is 6.10 Å². The van der Waals surface area contributed by atoms with E-state index in [0.29, 0.717) is 0 Å². The predicted molar refractivity (Wildman–Crippen MR) is 161 cm³/mol. The summed E-state index contributed by atoms with van der Waals surface area (Å²) < 4.78 is 21.0. The van der Waals surface area contributed by atoms with Gasteiger partial charge in [0.2, 0.25) is 0 Å². The van der Waals surface area contributed by atoms with Crippen molar-refractivity contribution in [3.63, 3.8) is 0 Å². The summed E-state index contributed by atoms with van der Waals surface area (Å²) in [6, 6.07) is 18.2. The number of hydrogen-bond donors (Lipinski definition) is 0. The molecule has 1 heterocycles. The molecule has 3 nitrogen and oxygen atoms in total. The molecule has 0 spiro atoms. The second-order valence-corrected chi connectivity index (χ2v) is 23.9. The summed E-state index contributed by atoms with van der Waals surface area (Å²) in [7, 11) is -4.15. The van der Waals surface area contributed by atoms with Crippen molar-refractivity contribution >= 4 is 49.0 Å². The van der Waals surface area contributed by atoms with Crippen LogP contribution in [0.2, 0.25) is 36.3 Å². The van der Waals surface area contributed by atoms with Gasteiger partial charge in [-0.05, 0) is 85.8 Å². The van der Waals surface area contributed by atoms with E-state index in [-0.39, 0.29) is 34.5 Å². The fraction of sp³-hybridized carbons (Fsp3) is 0.500. The SMILES string of the molecule is CC(C)(C)[Si](C)(C)OC1c2cc3ccc4cccc5ccc(c2C2OC2C1O[Si](C)(C)C(C)(C)C)c3c45. The number of ether oxygens (including phenoxy) is 1. The molecule has 2 aliphatic rings. The van der Waals surface area contributed by atoms with Gasteiger partial charge in [-0.25, -0.2) is 0 Å². The van der Waals surface area contributed by atoms with E-state index in [2.05, 4.69) is 116 Å². The van der Waals surface area contributed by atoms with Crippen LogP contribution in [0.4, 0.5) is 0 Å². The van der Waals surface area contributed by atoms with E-state index in [1.165, 1.54) is 43.4 Å². The zero-order valence-corrected chi connectivity index (χ0v) is 26.2. The molecule has 0 amide bonds. The summed E-state index contributed by atoms with van der Waals surface area (Å²) in [4.78, 5) is 0. The highest BCUT2D eigenvalue weighted by Gasteiger charge is 2.59. The average Bonchev–Trinajstić information content (AvgIpc) is 3.58. The lowest BCUT2D eigenvalue weighted by Crippen LogP contribution is -2.51. The number of epoxide rings is 1. The van der Waals surface area contributed by atoms with Crippen LogP contribution < -0.4 is 0 Å². The summed E-state index contributed by atoms with van der Waals surface area (Å²) >= 11 is 0. The lowest BCUT2D eigenvalue weighted by Gasteiger charge is -2.46. The van der Waals surface area contributed by atoms with Crippen molar-refractivity contribution in [3.05, 3.63) is 59.7 Å². The fourth-order valence-corrected chi connectivity index (χ4v) is 8.17. The van der Waals surface area contributed by atoms with E-state index in [1.54, 1.807) is 0 Å². The Hall–Kier alpha value is -1.77. The predicted octanol–water partition coefficient (Wildman–Crippen LogP) is 9.49. The number of benzene rings is 4. The topological polar surface area (TPSA) is 31.0 Å². The second kappa shape index (κ2) is 7.89. The summed E-state index contributed by atoms with van der Waals surface area (Å²) in [6.45, 7) is 23.3. The minimum Gasteiger partial charge on any atom is -0.408 e. The molecule has 37 heavy (non-hydrogen) atoms. The molecule has 1 fully saturated rings. The van der Waals surface area contributed by atoms with E-state index < -0.39 is 16.6 Å². The molecular formula is C32H42O3Si2. The third-order valence-electron chi connectivity index (χ3n) is 9.92. The second-order valence-electron chi connectivity index (χ2n) is 14.4. The van der Waals surface area contributed by atoms with E-state index in [9.17, 15) is 0 Å². The lowest BCUT2D eigenvalue weighted by molar-refractivity contribution is 0.0157. The zero-order chi connectivity index (χ0) is 26.7. The number of fused-ring (bicyclic) bond motifs is 4. The Morgan fingerprint density at radius 2 is 1.27 bits per heavy atom. The van der Waals surface area contributed by atoms with Gasteiger partial charge in [0.25, 0.3) is 0 Å². The summed E-state index contributed by atoms with van der Waals surface area (Å²) in [5.74, 6) is 0. The monoisotopic (exact) mass is 530 g/mol. The van der Waals surface area contributed by atoms with E-state index in [4.69, 9.17) is 13.6 Å². The van der Waals surface area contributed by atoms with Crippen LogP contribution in [-0.4, -0.2) is 28.8 Å². The molecule has 196 valence electrons. The van der Waals surface area contributed by atoms with Gasteiger partial charge >= 0.3 is 0 Å². The lowest BCUT2D eigenvalue weighted by atomic mass is 9.81. The zero-order valence-electron chi connectivity index (χ0n) is 24.2. The largest absolute Gasteiger partial charge is 0.408 e. The molecule has 0 aromatic heterocycles. The van der Waals surface area contributed by atoms with Gasteiger partial charge in [0.15, 0.2) is 16.6 Å². The van der Waals surface area contributed by atoms with E-state index in [0.717, 1.165) is 0 Å². The quantitative estimate of drug-likeness (QED) is 0.149. The molecule has 0 radical (unpaired) electrons. The molecule has 4 unspecified atom stereocenters. The summed E-state index contributed by atoms with van der Waals surface area (Å²) in [5.41, 5.74) is 2.60. The maximum Gasteiger partial charge on any atom is 0.193 e. The molecule has 1 aliphatic heterocycles. The van der Waals surface area contributed by atoms with Gasteiger partial charge in [0, 0.05) is 0 Å². The van der Waals surface area contributed by atoms with Crippen molar-refractivity contribution in [1.82, 2.24) is 0 Å². The van der Waals surface area contributed by atoms with E-state index in [1.807, 2.05) is 0 Å². The first kappa shape index (κ1) is 25.5. The standard InChI is InChI=1S/C32H42O3Si2/c1-31(2,3)36(7,8)34-27-23-18-21-15-14-19-12-11-13-20-16-17-22(25(21)24(19)20)26(23)28-29(33-28)30(27)35-37(9,10)32(4,5)6/h11-18,27-30H,1-10H3. The Balaban J connectivity index is 1.58. The molecule has 0 saturated carbocycles. The van der Waals surface area contributed by atoms with Crippen molar-refractivity contribution in [2.75, 3.05) is 0 Å². The van der Waals surface area contributed by atoms with Gasteiger partial charge in [-0.3, -0.25) is 0 Å². The Morgan fingerprint density at radius 1 is 0.703 bits per heavy atom. The molecule has 5 heteroatoms. The molecule has 6 rings (SSSR count). The highest BCUT2D eigenvalue weighted by molar-refractivity contribution is 6.74. The van der Waals surface area contributed by atoms with Crippen molar-refractivity contribution < 1.29 is 13.6 Å². The first-order chi connectivity index (χ1) is 17.1. The Kier molecular flexibility index (Phi) is 5.44. The third kappa shape index (κ3) is 3.84. The maximum atomic E-state index is 7.32. The molecule has 0 N–H and O–H groups in total. The number of rotatable bonds is 4. The molecule has 4 atom stereocenters. The van der Waals surface area contributed by atoms with Gasteiger partial charge < -0.3 is 13.6 Å². The van der Waals surface area contributed by atoms with Crippen molar-refractivity contribution in [3.8, 4) is 0 Å². The molecule has 4 aromatic rings. The van der Waals surface area contributed by atoms with Gasteiger partial charge in [0.1, 0.15) is 18.3 Å². The smallest absolute Gasteiger partial charge is 0.193 e. The highest BCUT2D eigenvalue weighted by Crippen LogP contribution is 2.58. The normalized spacial score (nSPS) is 24.6. The van der Waals surface area contributed by atoms with Crippen LogP contribution in [-0.2, 0) is 13.6 Å². The molecule has 1 aliphatic carbocycles.